The number of nitrogens with zero attached hydrogens (tertiary/aromatic N) is 2. The van der Waals surface area contributed by atoms with E-state index in [2.05, 4.69) is 0 Å². The van der Waals surface area contributed by atoms with E-state index < -0.39 is 10.0 Å². The molecule has 2 aromatic rings. The third kappa shape index (κ3) is 5.79. The van der Waals surface area contributed by atoms with E-state index in [0.29, 0.717) is 35.5 Å². The number of hydrogen-bond acceptors (Lipinski definition) is 6. The third-order valence-corrected chi connectivity index (χ3v) is 8.36. The number of amides is 1. The molecule has 2 heterocycles. The lowest BCUT2D eigenvalue weighted by Gasteiger charge is -2.33. The summed E-state index contributed by atoms with van der Waals surface area (Å²) >= 11 is 6.90. The van der Waals surface area contributed by atoms with Crippen LogP contribution in [0, 0.1) is 0 Å². The molecule has 10 heteroatoms. The molecule has 0 radical (unpaired) electrons. The Hall–Kier alpha value is -2.07. The van der Waals surface area contributed by atoms with E-state index in [0.717, 1.165) is 23.3 Å². The Bertz CT molecular complexity index is 1040. The van der Waals surface area contributed by atoms with Crippen molar-refractivity contribution >= 4 is 44.9 Å². The summed E-state index contributed by atoms with van der Waals surface area (Å²) in [4.78, 5) is 14.2. The summed E-state index contributed by atoms with van der Waals surface area (Å²) in [5.41, 5.74) is 0.810. The number of carbonyl (C=O) groups excluding carboxylic acids is 1. The molecule has 1 aliphatic rings. The van der Waals surface area contributed by atoms with E-state index >= 15 is 0 Å². The van der Waals surface area contributed by atoms with Crippen LogP contribution in [0.15, 0.2) is 40.6 Å². The second-order valence-electron chi connectivity index (χ2n) is 6.88. The summed E-state index contributed by atoms with van der Waals surface area (Å²) in [5.74, 6) is 1.11. The normalized spacial score (nSPS) is 15.4. The molecule has 31 heavy (non-hydrogen) atoms. The van der Waals surface area contributed by atoms with Crippen molar-refractivity contribution in [1.29, 1.82) is 0 Å². The Balaban J connectivity index is 1.59. The van der Waals surface area contributed by atoms with Crippen LogP contribution in [0.1, 0.15) is 18.9 Å². The van der Waals surface area contributed by atoms with Gasteiger partial charge in [-0.2, -0.15) is 4.31 Å². The monoisotopic (exact) mass is 484 g/mol. The molecule has 0 saturated carbocycles. The predicted molar refractivity (Wildman–Crippen MR) is 122 cm³/mol. The molecule has 1 aromatic heterocycles. The molecule has 0 unspecified atom stereocenters. The Morgan fingerprint density at radius 2 is 1.90 bits per heavy atom. The highest BCUT2D eigenvalue weighted by atomic mass is 35.5. The molecular formula is C21H25ClN2O5S2. The van der Waals surface area contributed by atoms with Gasteiger partial charge in [-0.3, -0.25) is 4.79 Å². The number of halogens is 1. The minimum Gasteiger partial charge on any atom is -0.493 e. The van der Waals surface area contributed by atoms with Gasteiger partial charge in [0, 0.05) is 32.3 Å². The van der Waals surface area contributed by atoms with Crippen molar-refractivity contribution in [2.24, 2.45) is 0 Å². The van der Waals surface area contributed by atoms with Crippen molar-refractivity contribution < 1.29 is 22.7 Å². The predicted octanol–water partition coefficient (Wildman–Crippen LogP) is 3.75. The summed E-state index contributed by atoms with van der Waals surface area (Å²) in [6.45, 7) is 3.78. The number of thiophene rings is 1. The zero-order valence-electron chi connectivity index (χ0n) is 17.4. The highest BCUT2D eigenvalue weighted by Crippen LogP contribution is 2.30. The quantitative estimate of drug-likeness (QED) is 0.533. The summed E-state index contributed by atoms with van der Waals surface area (Å²) < 4.78 is 38.4. The fourth-order valence-electron chi connectivity index (χ4n) is 3.10. The first-order valence-electron chi connectivity index (χ1n) is 9.88. The van der Waals surface area contributed by atoms with E-state index in [9.17, 15) is 13.2 Å². The molecule has 1 saturated heterocycles. The first-order chi connectivity index (χ1) is 14.8. The highest BCUT2D eigenvalue weighted by Gasteiger charge is 2.30. The van der Waals surface area contributed by atoms with E-state index in [1.165, 1.54) is 16.4 Å². The minimum absolute atomic E-state index is 0.165. The molecule has 7 nitrogen and oxygen atoms in total. The molecule has 0 atom stereocenters. The first-order valence-corrected chi connectivity index (χ1v) is 12.5. The molecule has 168 valence electrons. The van der Waals surface area contributed by atoms with Crippen LogP contribution in [0.25, 0.3) is 6.08 Å². The van der Waals surface area contributed by atoms with Gasteiger partial charge in [-0.15, -0.1) is 11.3 Å². The van der Waals surface area contributed by atoms with Gasteiger partial charge in [0.15, 0.2) is 11.5 Å². The van der Waals surface area contributed by atoms with Gasteiger partial charge in [-0.1, -0.05) is 24.6 Å². The van der Waals surface area contributed by atoms with Crippen LogP contribution in [0.2, 0.25) is 4.34 Å². The van der Waals surface area contributed by atoms with Gasteiger partial charge in [0.2, 0.25) is 5.91 Å². The van der Waals surface area contributed by atoms with Crippen molar-refractivity contribution in [1.82, 2.24) is 9.21 Å². The van der Waals surface area contributed by atoms with Crippen molar-refractivity contribution in [2.75, 3.05) is 39.9 Å². The van der Waals surface area contributed by atoms with Crippen molar-refractivity contribution in [3.63, 3.8) is 0 Å². The number of sulfonamides is 1. The lowest BCUT2D eigenvalue weighted by Crippen LogP contribution is -2.50. The maximum atomic E-state index is 12.7. The van der Waals surface area contributed by atoms with Crippen LogP contribution >= 0.6 is 22.9 Å². The van der Waals surface area contributed by atoms with Gasteiger partial charge in [0.05, 0.1) is 18.1 Å². The molecule has 0 aliphatic carbocycles. The molecule has 0 N–H and O–H groups in total. The molecule has 0 spiro atoms. The van der Waals surface area contributed by atoms with Gasteiger partial charge in [0.25, 0.3) is 10.0 Å². The van der Waals surface area contributed by atoms with Crippen LogP contribution in [0.5, 0.6) is 11.5 Å². The number of rotatable bonds is 8. The molecular weight excluding hydrogens is 460 g/mol. The number of methoxy groups -OCH3 is 1. The maximum Gasteiger partial charge on any atom is 0.252 e. The van der Waals surface area contributed by atoms with E-state index in [4.69, 9.17) is 21.1 Å². The second kappa shape index (κ2) is 10.5. The molecule has 1 aliphatic heterocycles. The molecule has 1 fully saturated rings. The molecule has 1 amide bonds. The van der Waals surface area contributed by atoms with Crippen LogP contribution in [0.3, 0.4) is 0 Å². The Labute approximate surface area is 191 Å². The molecule has 3 rings (SSSR count). The average molecular weight is 485 g/mol. The van der Waals surface area contributed by atoms with Crippen LogP contribution in [-0.4, -0.2) is 63.4 Å². The SMILES string of the molecule is CCCOc1ccc(/C=C/C(=O)N2CCN(S(=O)(=O)c3ccc(Cl)s3)CC2)cc1OC. The van der Waals surface area contributed by atoms with E-state index in [-0.39, 0.29) is 23.2 Å². The Morgan fingerprint density at radius 1 is 1.16 bits per heavy atom. The average Bonchev–Trinajstić information content (AvgIpc) is 3.23. The second-order valence-corrected chi connectivity index (χ2v) is 10.8. The zero-order chi connectivity index (χ0) is 22.4. The topological polar surface area (TPSA) is 76.2 Å². The summed E-state index contributed by atoms with van der Waals surface area (Å²) in [6.07, 6.45) is 4.10. The first kappa shape index (κ1) is 23.6. The van der Waals surface area contributed by atoms with Crippen LogP contribution < -0.4 is 9.47 Å². The van der Waals surface area contributed by atoms with Gasteiger partial charge >= 0.3 is 0 Å². The van der Waals surface area contributed by atoms with Crippen molar-refractivity contribution in [3.8, 4) is 11.5 Å². The lowest BCUT2D eigenvalue weighted by molar-refractivity contribution is -0.127. The number of hydrogen-bond donors (Lipinski definition) is 0. The van der Waals surface area contributed by atoms with Gasteiger partial charge in [0.1, 0.15) is 4.21 Å². The number of benzene rings is 1. The third-order valence-electron chi connectivity index (χ3n) is 4.76. The van der Waals surface area contributed by atoms with Gasteiger partial charge < -0.3 is 14.4 Å². The minimum atomic E-state index is -3.58. The highest BCUT2D eigenvalue weighted by molar-refractivity contribution is 7.91. The Morgan fingerprint density at radius 3 is 2.52 bits per heavy atom. The van der Waals surface area contributed by atoms with E-state index in [1.54, 1.807) is 24.2 Å². The number of piperazine rings is 1. The molecule has 1 aromatic carbocycles. The fraction of sp³-hybridized carbons (Fsp3) is 0.381. The smallest absolute Gasteiger partial charge is 0.252 e. The fourth-order valence-corrected chi connectivity index (χ4v) is 6.16. The number of ether oxygens (including phenoxy) is 2. The summed E-state index contributed by atoms with van der Waals surface area (Å²) in [6, 6.07) is 8.56. The van der Waals surface area contributed by atoms with E-state index in [1.807, 2.05) is 25.1 Å². The van der Waals surface area contributed by atoms with Crippen molar-refractivity contribution in [3.05, 3.63) is 46.3 Å². The zero-order valence-corrected chi connectivity index (χ0v) is 19.8. The van der Waals surface area contributed by atoms with Crippen molar-refractivity contribution in [2.45, 2.75) is 17.6 Å². The summed E-state index contributed by atoms with van der Waals surface area (Å²) in [5, 5.41) is 0. The van der Waals surface area contributed by atoms with Gasteiger partial charge in [-0.25, -0.2) is 8.42 Å². The lowest BCUT2D eigenvalue weighted by atomic mass is 10.2. The largest absolute Gasteiger partial charge is 0.493 e. The van der Waals surface area contributed by atoms with Gasteiger partial charge in [-0.05, 0) is 42.3 Å². The summed E-state index contributed by atoms with van der Waals surface area (Å²) in [7, 11) is -2.00. The maximum absolute atomic E-state index is 12.7. The standard InChI is InChI=1S/C21H25ClN2O5S2/c1-3-14-29-17-6-4-16(15-18(17)28-2)5-8-20(25)23-10-12-24(13-11-23)31(26,27)21-9-7-19(22)30-21/h4-9,15H,3,10-14H2,1-2H3/b8-5+. The Kier molecular flexibility index (Phi) is 7.99. The number of carbonyl (C=O) groups is 1. The van der Waals surface area contributed by atoms with Crippen LogP contribution in [0.4, 0.5) is 0 Å². The molecule has 0 bridgehead atoms. The van der Waals surface area contributed by atoms with Crippen LogP contribution in [-0.2, 0) is 14.8 Å².